The number of rotatable bonds is 3. The third-order valence-corrected chi connectivity index (χ3v) is 5.15. The minimum absolute atomic E-state index is 0.109. The molecule has 0 radical (unpaired) electrons. The van der Waals surface area contributed by atoms with E-state index < -0.39 is 0 Å². The van der Waals surface area contributed by atoms with Crippen LogP contribution in [-0.4, -0.2) is 37.0 Å². The zero-order chi connectivity index (χ0) is 14.1. The molecular weight excluding hydrogens is 248 g/mol. The van der Waals surface area contributed by atoms with E-state index in [1.165, 1.54) is 24.0 Å². The second-order valence-electron chi connectivity index (χ2n) is 6.20. The molecule has 0 bridgehead atoms. The van der Waals surface area contributed by atoms with Crippen LogP contribution in [-0.2, 0) is 11.2 Å². The predicted molar refractivity (Wildman–Crippen MR) is 80.8 cm³/mol. The molecule has 2 aliphatic carbocycles. The average molecular weight is 272 g/mol. The summed E-state index contributed by atoms with van der Waals surface area (Å²) in [6.07, 6.45) is 5.54. The van der Waals surface area contributed by atoms with Crippen LogP contribution in [0.4, 0.5) is 0 Å². The van der Waals surface area contributed by atoms with E-state index in [1.807, 2.05) is 25.1 Å². The highest BCUT2D eigenvalue weighted by Crippen LogP contribution is 2.37. The zero-order valence-corrected chi connectivity index (χ0v) is 12.4. The molecule has 0 aromatic heterocycles. The SMILES string of the molecule is CNC1CCC(N(C)C(=O)C2Cc3ccccc32)CC1. The van der Waals surface area contributed by atoms with Crippen LogP contribution in [0.15, 0.2) is 24.3 Å². The minimum atomic E-state index is 0.109. The molecule has 1 atom stereocenters. The molecule has 0 spiro atoms. The maximum Gasteiger partial charge on any atom is 0.230 e. The Hall–Kier alpha value is -1.35. The van der Waals surface area contributed by atoms with Crippen LogP contribution in [0.25, 0.3) is 0 Å². The van der Waals surface area contributed by atoms with Gasteiger partial charge in [0.15, 0.2) is 0 Å². The fourth-order valence-corrected chi connectivity index (χ4v) is 3.66. The average Bonchev–Trinajstić information content (AvgIpc) is 2.47. The molecule has 1 unspecified atom stereocenters. The number of nitrogens with zero attached hydrogens (tertiary/aromatic N) is 1. The number of fused-ring (bicyclic) bond motifs is 1. The number of amides is 1. The van der Waals surface area contributed by atoms with Crippen LogP contribution < -0.4 is 5.32 Å². The lowest BCUT2D eigenvalue weighted by Gasteiger charge is -2.39. The molecule has 1 aromatic carbocycles. The van der Waals surface area contributed by atoms with Gasteiger partial charge in [-0.15, -0.1) is 0 Å². The second-order valence-corrected chi connectivity index (χ2v) is 6.20. The van der Waals surface area contributed by atoms with Crippen molar-refractivity contribution in [2.24, 2.45) is 0 Å². The van der Waals surface area contributed by atoms with Gasteiger partial charge in [-0.05, 0) is 50.3 Å². The van der Waals surface area contributed by atoms with Crippen molar-refractivity contribution >= 4 is 5.91 Å². The highest BCUT2D eigenvalue weighted by atomic mass is 16.2. The predicted octanol–water partition coefficient (Wildman–Crippen LogP) is 2.32. The van der Waals surface area contributed by atoms with E-state index in [9.17, 15) is 4.79 Å². The molecule has 3 heteroatoms. The first kappa shape index (κ1) is 13.6. The second kappa shape index (κ2) is 5.57. The summed E-state index contributed by atoms with van der Waals surface area (Å²) in [5.41, 5.74) is 2.59. The highest BCUT2D eigenvalue weighted by Gasteiger charge is 2.36. The van der Waals surface area contributed by atoms with Crippen molar-refractivity contribution in [1.29, 1.82) is 0 Å². The van der Waals surface area contributed by atoms with Gasteiger partial charge in [0.2, 0.25) is 5.91 Å². The number of likely N-dealkylation sites (N-methyl/N-ethyl adjacent to an activating group) is 1. The summed E-state index contributed by atoms with van der Waals surface area (Å²) in [6.45, 7) is 0. The van der Waals surface area contributed by atoms with Crippen molar-refractivity contribution in [3.8, 4) is 0 Å². The number of carbonyl (C=O) groups is 1. The van der Waals surface area contributed by atoms with Crippen LogP contribution in [0.5, 0.6) is 0 Å². The first-order valence-electron chi connectivity index (χ1n) is 7.72. The monoisotopic (exact) mass is 272 g/mol. The summed E-state index contributed by atoms with van der Waals surface area (Å²) in [6, 6.07) is 9.40. The Morgan fingerprint density at radius 2 is 1.90 bits per heavy atom. The summed E-state index contributed by atoms with van der Waals surface area (Å²) < 4.78 is 0. The Balaban J connectivity index is 1.61. The molecule has 1 saturated carbocycles. The molecule has 0 aliphatic heterocycles. The third-order valence-electron chi connectivity index (χ3n) is 5.15. The zero-order valence-electron chi connectivity index (χ0n) is 12.4. The van der Waals surface area contributed by atoms with Crippen molar-refractivity contribution in [1.82, 2.24) is 10.2 Å². The number of nitrogens with one attached hydrogen (secondary N) is 1. The largest absolute Gasteiger partial charge is 0.342 e. The van der Waals surface area contributed by atoms with E-state index in [-0.39, 0.29) is 5.92 Å². The summed E-state index contributed by atoms with van der Waals surface area (Å²) in [7, 11) is 4.03. The van der Waals surface area contributed by atoms with Crippen LogP contribution in [0.1, 0.15) is 42.7 Å². The Labute approximate surface area is 121 Å². The molecule has 1 fully saturated rings. The molecule has 0 heterocycles. The fraction of sp³-hybridized carbons (Fsp3) is 0.588. The van der Waals surface area contributed by atoms with E-state index in [0.717, 1.165) is 19.3 Å². The number of carbonyl (C=O) groups excluding carboxylic acids is 1. The molecular formula is C17H24N2O. The van der Waals surface area contributed by atoms with Crippen molar-refractivity contribution in [3.05, 3.63) is 35.4 Å². The Kier molecular flexibility index (Phi) is 3.79. The van der Waals surface area contributed by atoms with Gasteiger partial charge >= 0.3 is 0 Å². The molecule has 0 saturated heterocycles. The summed E-state index contributed by atoms with van der Waals surface area (Å²) in [5, 5.41) is 3.35. The van der Waals surface area contributed by atoms with Crippen LogP contribution in [0, 0.1) is 0 Å². The lowest BCUT2D eigenvalue weighted by atomic mass is 9.76. The van der Waals surface area contributed by atoms with Gasteiger partial charge in [-0.25, -0.2) is 0 Å². The quantitative estimate of drug-likeness (QED) is 0.916. The van der Waals surface area contributed by atoms with E-state index in [2.05, 4.69) is 23.5 Å². The number of hydrogen-bond acceptors (Lipinski definition) is 2. The highest BCUT2D eigenvalue weighted by molar-refractivity contribution is 5.87. The molecule has 3 nitrogen and oxygen atoms in total. The van der Waals surface area contributed by atoms with Crippen molar-refractivity contribution in [3.63, 3.8) is 0 Å². The van der Waals surface area contributed by atoms with Gasteiger partial charge in [-0.2, -0.15) is 0 Å². The maximum atomic E-state index is 12.6. The topological polar surface area (TPSA) is 32.3 Å². The molecule has 1 N–H and O–H groups in total. The van der Waals surface area contributed by atoms with Crippen LogP contribution in [0.3, 0.4) is 0 Å². The van der Waals surface area contributed by atoms with Gasteiger partial charge in [0.05, 0.1) is 5.92 Å². The minimum Gasteiger partial charge on any atom is -0.342 e. The Morgan fingerprint density at radius 3 is 2.55 bits per heavy atom. The molecule has 1 aromatic rings. The Morgan fingerprint density at radius 1 is 1.20 bits per heavy atom. The lowest BCUT2D eigenvalue weighted by molar-refractivity contribution is -0.134. The third kappa shape index (κ3) is 2.35. The Bertz CT molecular complexity index is 492. The standard InChI is InChI=1S/C17H24N2O/c1-18-13-7-9-14(10-8-13)19(2)17(20)16-11-12-5-3-4-6-15(12)16/h3-6,13-14,16,18H,7-11H2,1-2H3. The number of hydrogen-bond donors (Lipinski definition) is 1. The maximum absolute atomic E-state index is 12.6. The summed E-state index contributed by atoms with van der Waals surface area (Å²) in [5.74, 6) is 0.426. The van der Waals surface area contributed by atoms with Gasteiger partial charge in [-0.3, -0.25) is 4.79 Å². The fourth-order valence-electron chi connectivity index (χ4n) is 3.66. The number of benzene rings is 1. The molecule has 20 heavy (non-hydrogen) atoms. The first-order valence-corrected chi connectivity index (χ1v) is 7.72. The van der Waals surface area contributed by atoms with Crippen LogP contribution in [0.2, 0.25) is 0 Å². The van der Waals surface area contributed by atoms with E-state index >= 15 is 0 Å². The van der Waals surface area contributed by atoms with Crippen molar-refractivity contribution in [2.75, 3.05) is 14.1 Å². The van der Waals surface area contributed by atoms with Gasteiger partial charge in [0.1, 0.15) is 0 Å². The van der Waals surface area contributed by atoms with Gasteiger partial charge in [-0.1, -0.05) is 24.3 Å². The van der Waals surface area contributed by atoms with Crippen molar-refractivity contribution < 1.29 is 4.79 Å². The van der Waals surface area contributed by atoms with Gasteiger partial charge in [0, 0.05) is 19.1 Å². The van der Waals surface area contributed by atoms with Gasteiger partial charge in [0.25, 0.3) is 0 Å². The smallest absolute Gasteiger partial charge is 0.230 e. The first-order chi connectivity index (χ1) is 9.70. The van der Waals surface area contributed by atoms with E-state index in [1.54, 1.807) is 0 Å². The van der Waals surface area contributed by atoms with E-state index in [4.69, 9.17) is 0 Å². The van der Waals surface area contributed by atoms with E-state index in [0.29, 0.717) is 18.0 Å². The normalized spacial score (nSPS) is 28.4. The summed E-state index contributed by atoms with van der Waals surface area (Å²) >= 11 is 0. The molecule has 3 rings (SSSR count). The van der Waals surface area contributed by atoms with Crippen molar-refractivity contribution in [2.45, 2.75) is 50.1 Å². The molecule has 108 valence electrons. The van der Waals surface area contributed by atoms with Gasteiger partial charge < -0.3 is 10.2 Å². The lowest BCUT2D eigenvalue weighted by Crippen LogP contribution is -2.46. The molecule has 1 amide bonds. The summed E-state index contributed by atoms with van der Waals surface area (Å²) in [4.78, 5) is 14.7. The van der Waals surface area contributed by atoms with Crippen LogP contribution >= 0.6 is 0 Å². The molecule has 2 aliphatic rings.